The molecular formula is C8H6ClN3O2S2. The van der Waals surface area contributed by atoms with Gasteiger partial charge in [0.25, 0.3) is 10.0 Å². The van der Waals surface area contributed by atoms with Gasteiger partial charge >= 0.3 is 0 Å². The lowest BCUT2D eigenvalue weighted by molar-refractivity contribution is 0.601. The topological polar surface area (TPSA) is 72.0 Å². The van der Waals surface area contributed by atoms with Crippen molar-refractivity contribution in [2.24, 2.45) is 0 Å². The first kappa shape index (κ1) is 11.3. The number of pyridine rings is 1. The highest BCUT2D eigenvalue weighted by Gasteiger charge is 2.18. The van der Waals surface area contributed by atoms with E-state index < -0.39 is 10.0 Å². The molecule has 8 heteroatoms. The Morgan fingerprint density at radius 2 is 2.19 bits per heavy atom. The minimum Gasteiger partial charge on any atom is -0.263 e. The molecule has 1 N–H and O–H groups in total. The number of hydrogen-bond acceptors (Lipinski definition) is 5. The zero-order chi connectivity index (χ0) is 11.6. The molecule has 5 nitrogen and oxygen atoms in total. The molecular weight excluding hydrogens is 270 g/mol. The fraction of sp³-hybridized carbons (Fsp3) is 0. The summed E-state index contributed by atoms with van der Waals surface area (Å²) in [6.07, 6.45) is 4.12. The third kappa shape index (κ3) is 2.31. The van der Waals surface area contributed by atoms with Gasteiger partial charge in [0.05, 0.1) is 5.02 Å². The van der Waals surface area contributed by atoms with E-state index >= 15 is 0 Å². The highest BCUT2D eigenvalue weighted by Crippen LogP contribution is 2.22. The summed E-state index contributed by atoms with van der Waals surface area (Å²) < 4.78 is 26.0. The van der Waals surface area contributed by atoms with E-state index in [1.54, 1.807) is 5.38 Å². The summed E-state index contributed by atoms with van der Waals surface area (Å²) in [6, 6.07) is 1.41. The van der Waals surface area contributed by atoms with Crippen molar-refractivity contribution in [2.45, 2.75) is 4.90 Å². The third-order valence-corrected chi connectivity index (χ3v) is 4.30. The van der Waals surface area contributed by atoms with Gasteiger partial charge in [0, 0.05) is 24.0 Å². The minimum atomic E-state index is -3.71. The lowest BCUT2D eigenvalue weighted by atomic mass is 10.5. The van der Waals surface area contributed by atoms with Crippen LogP contribution in [0, 0.1) is 0 Å². The molecule has 0 aromatic carbocycles. The number of aromatic nitrogens is 2. The van der Waals surface area contributed by atoms with Crippen molar-refractivity contribution in [1.29, 1.82) is 0 Å². The molecule has 0 spiro atoms. The van der Waals surface area contributed by atoms with Gasteiger partial charge in [-0.05, 0) is 6.07 Å². The van der Waals surface area contributed by atoms with Crippen LogP contribution in [0.1, 0.15) is 0 Å². The number of rotatable bonds is 3. The maximum Gasteiger partial charge on any atom is 0.266 e. The van der Waals surface area contributed by atoms with Gasteiger partial charge in [-0.2, -0.15) is 0 Å². The van der Waals surface area contributed by atoms with Crippen molar-refractivity contribution in [3.8, 4) is 0 Å². The van der Waals surface area contributed by atoms with Crippen LogP contribution in [0.25, 0.3) is 0 Å². The molecule has 0 aliphatic rings. The summed E-state index contributed by atoms with van der Waals surface area (Å²) in [5, 5.41) is 2.09. The van der Waals surface area contributed by atoms with Crippen LogP contribution < -0.4 is 4.72 Å². The van der Waals surface area contributed by atoms with E-state index in [4.69, 9.17) is 11.6 Å². The molecule has 16 heavy (non-hydrogen) atoms. The van der Waals surface area contributed by atoms with Crippen LogP contribution in [-0.2, 0) is 10.0 Å². The first-order valence-corrected chi connectivity index (χ1v) is 6.85. The SMILES string of the molecule is O=S(=O)(Nc1nccs1)c1cnccc1Cl. The number of sulfonamides is 1. The first-order valence-electron chi connectivity index (χ1n) is 4.11. The zero-order valence-corrected chi connectivity index (χ0v) is 10.2. The summed E-state index contributed by atoms with van der Waals surface area (Å²) in [7, 11) is -3.71. The smallest absolute Gasteiger partial charge is 0.263 e. The van der Waals surface area contributed by atoms with Crippen LogP contribution in [0.5, 0.6) is 0 Å². The summed E-state index contributed by atoms with van der Waals surface area (Å²) in [5.41, 5.74) is 0. The lowest BCUT2D eigenvalue weighted by Crippen LogP contribution is -2.13. The van der Waals surface area contributed by atoms with Crippen molar-refractivity contribution in [3.63, 3.8) is 0 Å². The van der Waals surface area contributed by atoms with Crippen LogP contribution in [0.2, 0.25) is 5.02 Å². The van der Waals surface area contributed by atoms with Gasteiger partial charge in [-0.25, -0.2) is 13.4 Å². The van der Waals surface area contributed by atoms with Crippen LogP contribution in [0.4, 0.5) is 5.13 Å². The van der Waals surface area contributed by atoms with Crippen LogP contribution >= 0.6 is 22.9 Å². The molecule has 0 atom stereocenters. The van der Waals surface area contributed by atoms with Crippen molar-refractivity contribution in [1.82, 2.24) is 9.97 Å². The number of nitrogens with one attached hydrogen (secondary N) is 1. The maximum absolute atomic E-state index is 11.9. The third-order valence-electron chi connectivity index (χ3n) is 1.68. The number of hydrogen-bond donors (Lipinski definition) is 1. The summed E-state index contributed by atoms with van der Waals surface area (Å²) in [5.74, 6) is 0. The fourth-order valence-corrected chi connectivity index (χ4v) is 3.23. The number of nitrogens with zero attached hydrogens (tertiary/aromatic N) is 2. The molecule has 0 amide bonds. The van der Waals surface area contributed by atoms with Gasteiger partial charge in [-0.3, -0.25) is 9.71 Å². The van der Waals surface area contributed by atoms with E-state index in [1.165, 1.54) is 36.0 Å². The normalized spacial score (nSPS) is 11.3. The maximum atomic E-state index is 11.9. The molecule has 2 heterocycles. The Balaban J connectivity index is 2.37. The van der Waals surface area contributed by atoms with Crippen LogP contribution in [0.3, 0.4) is 0 Å². The van der Waals surface area contributed by atoms with E-state index in [1.807, 2.05) is 0 Å². The predicted molar refractivity (Wildman–Crippen MR) is 62.2 cm³/mol. The molecule has 0 aliphatic carbocycles. The molecule has 2 aromatic heterocycles. The van der Waals surface area contributed by atoms with Crippen molar-refractivity contribution >= 4 is 38.1 Å². The molecule has 0 fully saturated rings. The second-order valence-electron chi connectivity index (χ2n) is 2.75. The average molecular weight is 276 g/mol. The van der Waals surface area contributed by atoms with E-state index in [9.17, 15) is 8.42 Å². The molecule has 2 aromatic rings. The molecule has 2 rings (SSSR count). The Hall–Kier alpha value is -1.18. The van der Waals surface area contributed by atoms with Gasteiger partial charge in [0.2, 0.25) is 0 Å². The van der Waals surface area contributed by atoms with Gasteiger partial charge in [0.1, 0.15) is 4.90 Å². The van der Waals surface area contributed by atoms with Crippen LogP contribution in [0.15, 0.2) is 34.9 Å². The predicted octanol–water partition coefficient (Wildman–Crippen LogP) is 1.99. The molecule has 84 valence electrons. The second-order valence-corrected chi connectivity index (χ2v) is 5.70. The van der Waals surface area contributed by atoms with E-state index in [0.29, 0.717) is 5.13 Å². The van der Waals surface area contributed by atoms with E-state index in [0.717, 1.165) is 0 Å². The Bertz CT molecular complexity index is 583. The molecule has 0 saturated carbocycles. The average Bonchev–Trinajstić information content (AvgIpc) is 2.70. The molecule has 0 radical (unpaired) electrons. The van der Waals surface area contributed by atoms with Gasteiger partial charge in [0.15, 0.2) is 5.13 Å². The van der Waals surface area contributed by atoms with Crippen molar-refractivity contribution < 1.29 is 8.42 Å². The van der Waals surface area contributed by atoms with Crippen molar-refractivity contribution in [2.75, 3.05) is 4.72 Å². The van der Waals surface area contributed by atoms with Crippen molar-refractivity contribution in [3.05, 3.63) is 35.1 Å². The first-order chi connectivity index (χ1) is 7.59. The van der Waals surface area contributed by atoms with E-state index in [-0.39, 0.29) is 9.92 Å². The van der Waals surface area contributed by atoms with Crippen LogP contribution in [-0.4, -0.2) is 18.4 Å². The Kier molecular flexibility index (Phi) is 3.08. The number of anilines is 1. The second kappa shape index (κ2) is 4.36. The highest BCUT2D eigenvalue weighted by molar-refractivity contribution is 7.93. The quantitative estimate of drug-likeness (QED) is 0.930. The molecule has 0 aliphatic heterocycles. The Morgan fingerprint density at radius 1 is 1.38 bits per heavy atom. The summed E-state index contributed by atoms with van der Waals surface area (Å²) in [4.78, 5) is 7.48. The van der Waals surface area contributed by atoms with Gasteiger partial charge in [-0.15, -0.1) is 11.3 Å². The Morgan fingerprint density at radius 3 is 2.81 bits per heavy atom. The van der Waals surface area contributed by atoms with Gasteiger partial charge < -0.3 is 0 Å². The highest BCUT2D eigenvalue weighted by atomic mass is 35.5. The minimum absolute atomic E-state index is 0.0631. The standard InChI is InChI=1S/C8H6ClN3O2S2/c9-6-1-2-10-5-7(6)16(13,14)12-8-11-3-4-15-8/h1-5H,(H,11,12). The number of thiazole rings is 1. The fourth-order valence-electron chi connectivity index (χ4n) is 1.00. The summed E-state index contributed by atoms with van der Waals surface area (Å²) >= 11 is 6.96. The monoisotopic (exact) mass is 275 g/mol. The lowest BCUT2D eigenvalue weighted by Gasteiger charge is -2.05. The number of halogens is 1. The Labute approximate surface area is 101 Å². The largest absolute Gasteiger partial charge is 0.266 e. The molecule has 0 unspecified atom stereocenters. The zero-order valence-electron chi connectivity index (χ0n) is 7.79. The van der Waals surface area contributed by atoms with Gasteiger partial charge in [-0.1, -0.05) is 11.6 Å². The summed E-state index contributed by atoms with van der Waals surface area (Å²) in [6.45, 7) is 0. The van der Waals surface area contributed by atoms with E-state index in [2.05, 4.69) is 14.7 Å². The molecule has 0 bridgehead atoms. The molecule has 0 saturated heterocycles.